The maximum absolute atomic E-state index is 4.55. The van der Waals surface area contributed by atoms with Crippen LogP contribution in [0.5, 0.6) is 0 Å². The number of hydrogen-bond donors (Lipinski definition) is 1. The standard InChI is InChI=1S/C18H23BrN2/c1-3-11-20-17(18-16(19)6-5-12-21-18)13-15-9-7-14(4-2)8-10-15/h5-10,12,17,20H,3-4,11,13H2,1-2H3. The highest BCUT2D eigenvalue weighted by Gasteiger charge is 2.15. The second kappa shape index (κ2) is 8.30. The normalized spacial score (nSPS) is 12.3. The number of pyridine rings is 1. The molecule has 2 aromatic rings. The summed E-state index contributed by atoms with van der Waals surface area (Å²) in [7, 11) is 0. The molecule has 0 fully saturated rings. The largest absolute Gasteiger partial charge is 0.308 e. The van der Waals surface area contributed by atoms with Crippen LogP contribution >= 0.6 is 15.9 Å². The molecule has 0 aliphatic rings. The van der Waals surface area contributed by atoms with E-state index in [0.29, 0.717) is 0 Å². The highest BCUT2D eigenvalue weighted by Crippen LogP contribution is 2.24. The van der Waals surface area contributed by atoms with Crippen LogP contribution in [0.15, 0.2) is 47.1 Å². The molecule has 1 aromatic carbocycles. The van der Waals surface area contributed by atoms with Crippen LogP contribution in [0, 0.1) is 0 Å². The third kappa shape index (κ3) is 4.65. The zero-order valence-corrected chi connectivity index (χ0v) is 14.4. The van der Waals surface area contributed by atoms with E-state index in [9.17, 15) is 0 Å². The van der Waals surface area contributed by atoms with Crippen LogP contribution < -0.4 is 5.32 Å². The van der Waals surface area contributed by atoms with Crippen LogP contribution in [0.1, 0.15) is 43.1 Å². The van der Waals surface area contributed by atoms with Gasteiger partial charge in [-0.1, -0.05) is 38.1 Å². The number of halogens is 1. The highest BCUT2D eigenvalue weighted by atomic mass is 79.9. The quantitative estimate of drug-likeness (QED) is 0.786. The fourth-order valence-electron chi connectivity index (χ4n) is 2.39. The molecule has 0 saturated carbocycles. The SMILES string of the molecule is CCCNC(Cc1ccc(CC)cc1)c1ncccc1Br. The minimum atomic E-state index is 0.244. The van der Waals surface area contributed by atoms with E-state index in [2.05, 4.69) is 70.4 Å². The molecule has 0 radical (unpaired) electrons. The first-order valence-electron chi connectivity index (χ1n) is 7.66. The number of nitrogens with zero attached hydrogens (tertiary/aromatic N) is 1. The molecule has 1 N–H and O–H groups in total. The molecule has 1 heterocycles. The zero-order chi connectivity index (χ0) is 15.1. The average Bonchev–Trinajstić information content (AvgIpc) is 2.53. The maximum atomic E-state index is 4.55. The fourth-order valence-corrected chi connectivity index (χ4v) is 2.92. The fraction of sp³-hybridized carbons (Fsp3) is 0.389. The van der Waals surface area contributed by atoms with Gasteiger partial charge in [0.05, 0.1) is 11.7 Å². The highest BCUT2D eigenvalue weighted by molar-refractivity contribution is 9.10. The van der Waals surface area contributed by atoms with Crippen molar-refractivity contribution in [1.82, 2.24) is 10.3 Å². The summed E-state index contributed by atoms with van der Waals surface area (Å²) in [4.78, 5) is 4.55. The van der Waals surface area contributed by atoms with Gasteiger partial charge in [0.2, 0.25) is 0 Å². The Morgan fingerprint density at radius 3 is 2.43 bits per heavy atom. The van der Waals surface area contributed by atoms with Crippen molar-refractivity contribution in [2.45, 2.75) is 39.2 Å². The molecule has 1 aromatic heterocycles. The lowest BCUT2D eigenvalue weighted by Gasteiger charge is -2.19. The second-order valence-electron chi connectivity index (χ2n) is 5.25. The molecule has 0 aliphatic carbocycles. The van der Waals surface area contributed by atoms with Crippen molar-refractivity contribution in [2.75, 3.05) is 6.54 Å². The van der Waals surface area contributed by atoms with E-state index in [1.165, 1.54) is 11.1 Å². The predicted molar refractivity (Wildman–Crippen MR) is 92.5 cm³/mol. The number of nitrogens with one attached hydrogen (secondary N) is 1. The van der Waals surface area contributed by atoms with E-state index >= 15 is 0 Å². The average molecular weight is 347 g/mol. The van der Waals surface area contributed by atoms with Crippen molar-refractivity contribution in [3.63, 3.8) is 0 Å². The van der Waals surface area contributed by atoms with Crippen LogP contribution in [0.25, 0.3) is 0 Å². The van der Waals surface area contributed by atoms with E-state index in [4.69, 9.17) is 0 Å². The predicted octanol–water partition coefficient (Wildman–Crippen LogP) is 4.69. The van der Waals surface area contributed by atoms with Gasteiger partial charge in [0.25, 0.3) is 0 Å². The Labute approximate surface area is 136 Å². The Balaban J connectivity index is 2.17. The Kier molecular flexibility index (Phi) is 6.40. The monoisotopic (exact) mass is 346 g/mol. The Morgan fingerprint density at radius 2 is 1.81 bits per heavy atom. The number of hydrogen-bond acceptors (Lipinski definition) is 2. The minimum Gasteiger partial charge on any atom is -0.308 e. The van der Waals surface area contributed by atoms with Crippen molar-refractivity contribution in [2.24, 2.45) is 0 Å². The van der Waals surface area contributed by atoms with Crippen LogP contribution in [0.2, 0.25) is 0 Å². The Morgan fingerprint density at radius 1 is 1.10 bits per heavy atom. The summed E-state index contributed by atoms with van der Waals surface area (Å²) >= 11 is 3.62. The molecule has 112 valence electrons. The smallest absolute Gasteiger partial charge is 0.0718 e. The van der Waals surface area contributed by atoms with Gasteiger partial charge in [0, 0.05) is 10.7 Å². The van der Waals surface area contributed by atoms with Crippen LogP contribution in [-0.4, -0.2) is 11.5 Å². The number of benzene rings is 1. The third-order valence-corrected chi connectivity index (χ3v) is 4.30. The van der Waals surface area contributed by atoms with Gasteiger partial charge in [-0.15, -0.1) is 0 Å². The van der Waals surface area contributed by atoms with Gasteiger partial charge in [0.15, 0.2) is 0 Å². The molecule has 0 amide bonds. The summed E-state index contributed by atoms with van der Waals surface area (Å²) in [6.45, 7) is 5.37. The number of aryl methyl sites for hydroxylation is 1. The summed E-state index contributed by atoms with van der Waals surface area (Å²) in [6, 6.07) is 13.2. The molecule has 0 bridgehead atoms. The summed E-state index contributed by atoms with van der Waals surface area (Å²) in [5.41, 5.74) is 3.82. The summed E-state index contributed by atoms with van der Waals surface area (Å²) in [5.74, 6) is 0. The van der Waals surface area contributed by atoms with Crippen molar-refractivity contribution >= 4 is 15.9 Å². The first-order valence-corrected chi connectivity index (χ1v) is 8.45. The van der Waals surface area contributed by atoms with Crippen molar-refractivity contribution in [3.8, 4) is 0 Å². The van der Waals surface area contributed by atoms with E-state index in [1.54, 1.807) is 0 Å². The molecule has 3 heteroatoms. The van der Waals surface area contributed by atoms with Crippen molar-refractivity contribution < 1.29 is 0 Å². The first-order chi connectivity index (χ1) is 10.2. The molecule has 1 unspecified atom stereocenters. The lowest BCUT2D eigenvalue weighted by molar-refractivity contribution is 0.516. The van der Waals surface area contributed by atoms with Crippen LogP contribution in [0.3, 0.4) is 0 Å². The third-order valence-electron chi connectivity index (χ3n) is 3.63. The van der Waals surface area contributed by atoms with Crippen molar-refractivity contribution in [3.05, 3.63) is 63.9 Å². The molecule has 2 rings (SSSR count). The van der Waals surface area contributed by atoms with Gasteiger partial charge < -0.3 is 5.32 Å². The Hall–Kier alpha value is -1.19. The minimum absolute atomic E-state index is 0.244. The van der Waals surface area contributed by atoms with Gasteiger partial charge in [-0.3, -0.25) is 4.98 Å². The van der Waals surface area contributed by atoms with E-state index in [0.717, 1.165) is 36.0 Å². The zero-order valence-electron chi connectivity index (χ0n) is 12.8. The number of aromatic nitrogens is 1. The lowest BCUT2D eigenvalue weighted by Crippen LogP contribution is -2.25. The molecule has 0 spiro atoms. The van der Waals surface area contributed by atoms with Gasteiger partial charge in [0.1, 0.15) is 0 Å². The molecule has 2 nitrogen and oxygen atoms in total. The lowest BCUT2D eigenvalue weighted by atomic mass is 10.0. The topological polar surface area (TPSA) is 24.9 Å². The maximum Gasteiger partial charge on any atom is 0.0718 e. The first kappa shape index (κ1) is 16.2. The Bertz CT molecular complexity index is 551. The molecule has 1 atom stereocenters. The molecular weight excluding hydrogens is 324 g/mol. The molecular formula is C18H23BrN2. The van der Waals surface area contributed by atoms with E-state index in [-0.39, 0.29) is 6.04 Å². The molecule has 0 saturated heterocycles. The van der Waals surface area contributed by atoms with E-state index < -0.39 is 0 Å². The summed E-state index contributed by atoms with van der Waals surface area (Å²) in [5, 5.41) is 3.61. The van der Waals surface area contributed by atoms with Gasteiger partial charge in [-0.2, -0.15) is 0 Å². The van der Waals surface area contributed by atoms with Crippen molar-refractivity contribution in [1.29, 1.82) is 0 Å². The van der Waals surface area contributed by atoms with E-state index in [1.807, 2.05) is 12.3 Å². The molecule has 21 heavy (non-hydrogen) atoms. The summed E-state index contributed by atoms with van der Waals surface area (Å²) < 4.78 is 1.07. The van der Waals surface area contributed by atoms with Crippen LogP contribution in [0.4, 0.5) is 0 Å². The summed E-state index contributed by atoms with van der Waals surface area (Å²) in [6.07, 6.45) is 5.03. The van der Waals surface area contributed by atoms with Gasteiger partial charge in [-0.05, 0) is 65.0 Å². The van der Waals surface area contributed by atoms with Crippen LogP contribution in [-0.2, 0) is 12.8 Å². The second-order valence-corrected chi connectivity index (χ2v) is 6.11. The van der Waals surface area contributed by atoms with Gasteiger partial charge >= 0.3 is 0 Å². The molecule has 0 aliphatic heterocycles. The van der Waals surface area contributed by atoms with Gasteiger partial charge in [-0.25, -0.2) is 0 Å². The number of rotatable bonds is 7.